The van der Waals surface area contributed by atoms with E-state index in [1.54, 1.807) is 5.06 Å². The fourth-order valence-electron chi connectivity index (χ4n) is 3.44. The number of aromatic nitrogens is 2. The summed E-state index contributed by atoms with van der Waals surface area (Å²) in [5, 5.41) is 5.67. The van der Waals surface area contributed by atoms with Crippen LogP contribution in [0.4, 0.5) is 11.8 Å². The number of rotatable bonds is 8. The quantitative estimate of drug-likeness (QED) is 0.496. The lowest BCUT2D eigenvalue weighted by Crippen LogP contribution is -2.36. The first kappa shape index (κ1) is 23.6. The van der Waals surface area contributed by atoms with Gasteiger partial charge in [0.25, 0.3) is 0 Å². The topological polar surface area (TPSA) is 103 Å². The zero-order valence-corrected chi connectivity index (χ0v) is 19.9. The van der Waals surface area contributed by atoms with Crippen molar-refractivity contribution in [1.82, 2.24) is 15.0 Å². The third-order valence-corrected chi connectivity index (χ3v) is 6.68. The van der Waals surface area contributed by atoms with E-state index in [2.05, 4.69) is 15.3 Å². The number of morpholine rings is 1. The third kappa shape index (κ3) is 6.27. The third-order valence-electron chi connectivity index (χ3n) is 5.27. The van der Waals surface area contributed by atoms with Gasteiger partial charge in [-0.1, -0.05) is 35.9 Å². The summed E-state index contributed by atoms with van der Waals surface area (Å²) in [6.07, 6.45) is 0.757. The Hall–Kier alpha value is -2.56. The molecule has 2 heterocycles. The molecule has 8 nitrogen and oxygen atoms in total. The smallest absolute Gasteiger partial charge is 0.222 e. The second-order valence-electron chi connectivity index (χ2n) is 7.58. The van der Waals surface area contributed by atoms with E-state index in [1.165, 1.54) is 0 Å². The Morgan fingerprint density at radius 2 is 1.94 bits per heavy atom. The van der Waals surface area contributed by atoms with E-state index in [9.17, 15) is 4.21 Å². The summed E-state index contributed by atoms with van der Waals surface area (Å²) < 4.78 is 23.2. The molecular weight excluding hydrogens is 462 g/mol. The molecule has 3 N–H and O–H groups in total. The lowest BCUT2D eigenvalue weighted by Gasteiger charge is -2.24. The fourth-order valence-corrected chi connectivity index (χ4v) is 4.40. The number of hydrogen-bond acceptors (Lipinski definition) is 8. The molecule has 10 heteroatoms. The Morgan fingerprint density at radius 3 is 2.70 bits per heavy atom. The van der Waals surface area contributed by atoms with Crippen molar-refractivity contribution in [1.29, 1.82) is 0 Å². The van der Waals surface area contributed by atoms with Crippen LogP contribution in [0.2, 0.25) is 5.02 Å². The summed E-state index contributed by atoms with van der Waals surface area (Å²) in [5.74, 6) is 0.843. The molecular formula is C23H26ClN5O3S. The minimum atomic E-state index is -1.54. The van der Waals surface area contributed by atoms with E-state index in [0.29, 0.717) is 48.6 Å². The van der Waals surface area contributed by atoms with Crippen molar-refractivity contribution in [2.45, 2.75) is 18.2 Å². The summed E-state index contributed by atoms with van der Waals surface area (Å²) in [4.78, 5) is 9.27. The number of halogens is 1. The number of benzene rings is 2. The van der Waals surface area contributed by atoms with Crippen LogP contribution in [0.25, 0.3) is 11.3 Å². The van der Waals surface area contributed by atoms with E-state index in [1.807, 2.05) is 55.5 Å². The second kappa shape index (κ2) is 11.0. The number of nitrogen functional groups attached to an aromatic ring is 1. The molecule has 1 fully saturated rings. The summed E-state index contributed by atoms with van der Waals surface area (Å²) in [6.45, 7) is 4.99. The molecule has 2 aromatic carbocycles. The molecule has 1 aliphatic heterocycles. The molecule has 1 atom stereocenters. The van der Waals surface area contributed by atoms with Crippen LogP contribution in [0.3, 0.4) is 0 Å². The van der Waals surface area contributed by atoms with Gasteiger partial charge in [-0.15, -0.1) is 0 Å². The van der Waals surface area contributed by atoms with Gasteiger partial charge < -0.3 is 15.8 Å². The summed E-state index contributed by atoms with van der Waals surface area (Å²) >= 11 is 4.71. The van der Waals surface area contributed by atoms with Crippen molar-refractivity contribution >= 4 is 34.4 Å². The first-order valence-corrected chi connectivity index (χ1v) is 12.1. The van der Waals surface area contributed by atoms with Gasteiger partial charge in [-0.25, -0.2) is 9.19 Å². The summed E-state index contributed by atoms with van der Waals surface area (Å²) in [5.41, 5.74) is 9.61. The Balaban J connectivity index is 1.34. The zero-order chi connectivity index (χ0) is 23.2. The van der Waals surface area contributed by atoms with Crippen LogP contribution < -0.4 is 11.1 Å². The number of ether oxygens (including phenoxy) is 1. The second-order valence-corrected chi connectivity index (χ2v) is 9.08. The number of nitrogens with two attached hydrogens (primary N) is 1. The van der Waals surface area contributed by atoms with Gasteiger partial charge in [0.2, 0.25) is 17.0 Å². The average Bonchev–Trinajstić information content (AvgIpc) is 2.81. The van der Waals surface area contributed by atoms with Crippen molar-refractivity contribution < 1.29 is 13.2 Å². The highest BCUT2D eigenvalue weighted by atomic mass is 35.5. The highest BCUT2D eigenvalue weighted by molar-refractivity contribution is 7.80. The molecule has 0 amide bonds. The van der Waals surface area contributed by atoms with Crippen LogP contribution >= 0.6 is 11.6 Å². The predicted molar refractivity (Wildman–Crippen MR) is 130 cm³/mol. The van der Waals surface area contributed by atoms with Crippen molar-refractivity contribution in [3.63, 3.8) is 0 Å². The normalized spacial score (nSPS) is 15.3. The van der Waals surface area contributed by atoms with Gasteiger partial charge in [-0.2, -0.15) is 14.3 Å². The van der Waals surface area contributed by atoms with E-state index in [-0.39, 0.29) is 5.95 Å². The molecule has 174 valence electrons. The molecule has 3 aromatic rings. The van der Waals surface area contributed by atoms with Gasteiger partial charge in [-0.05, 0) is 42.7 Å². The molecule has 0 bridgehead atoms. The Bertz CT molecular complexity index is 1120. The van der Waals surface area contributed by atoms with Gasteiger partial charge in [0.1, 0.15) is 5.82 Å². The van der Waals surface area contributed by atoms with Gasteiger partial charge >= 0.3 is 0 Å². The van der Waals surface area contributed by atoms with E-state index >= 15 is 0 Å². The molecule has 0 aliphatic carbocycles. The maximum absolute atomic E-state index is 12.4. The number of nitrogens with zero attached hydrogens (tertiary/aromatic N) is 3. The van der Waals surface area contributed by atoms with E-state index in [4.69, 9.17) is 26.4 Å². The Labute approximate surface area is 200 Å². The number of hydroxylamine groups is 2. The van der Waals surface area contributed by atoms with Crippen LogP contribution in [0.1, 0.15) is 11.1 Å². The SMILES string of the molecule is Cc1c(Cl)cccc1-c1cc(NCCc2ccc(S(=O)ON3CCOCC3)cc2)nc(N)n1. The first-order chi connectivity index (χ1) is 16.0. The van der Waals surface area contributed by atoms with E-state index in [0.717, 1.165) is 28.8 Å². The average molecular weight is 488 g/mol. The van der Waals surface area contributed by atoms with Crippen molar-refractivity contribution in [3.8, 4) is 11.3 Å². The first-order valence-electron chi connectivity index (χ1n) is 10.7. The van der Waals surface area contributed by atoms with E-state index < -0.39 is 11.1 Å². The highest BCUT2D eigenvalue weighted by Crippen LogP contribution is 2.28. The van der Waals surface area contributed by atoms with Gasteiger partial charge in [0, 0.05) is 36.3 Å². The van der Waals surface area contributed by atoms with Crippen molar-refractivity contribution in [2.24, 2.45) is 0 Å². The maximum atomic E-state index is 12.4. The molecule has 0 saturated carbocycles. The fraction of sp³-hybridized carbons (Fsp3) is 0.304. The molecule has 33 heavy (non-hydrogen) atoms. The molecule has 0 radical (unpaired) electrons. The molecule has 0 spiro atoms. The van der Waals surface area contributed by atoms with Crippen LogP contribution in [0, 0.1) is 6.92 Å². The summed E-state index contributed by atoms with van der Waals surface area (Å²) in [6, 6.07) is 15.1. The molecule has 4 rings (SSSR count). The Morgan fingerprint density at radius 1 is 1.18 bits per heavy atom. The Kier molecular flexibility index (Phi) is 7.89. The van der Waals surface area contributed by atoms with Crippen LogP contribution in [-0.4, -0.2) is 52.1 Å². The molecule has 1 aromatic heterocycles. The monoisotopic (exact) mass is 487 g/mol. The lowest BCUT2D eigenvalue weighted by atomic mass is 10.1. The van der Waals surface area contributed by atoms with Crippen LogP contribution in [0.5, 0.6) is 0 Å². The molecule has 1 saturated heterocycles. The summed E-state index contributed by atoms with van der Waals surface area (Å²) in [7, 11) is 0. The van der Waals surface area contributed by atoms with Gasteiger partial charge in [0.15, 0.2) is 0 Å². The molecule has 1 unspecified atom stereocenters. The standard InChI is InChI=1S/C23H26ClN5O3S/c1-16-19(3-2-4-20(16)24)21-15-22(28-23(25)27-21)26-10-9-17-5-7-18(8-6-17)33(30)32-29-11-13-31-14-12-29/h2-8,15H,9-14H2,1H3,(H3,25,26,27,28). The van der Waals surface area contributed by atoms with Crippen LogP contribution in [0.15, 0.2) is 53.4 Å². The van der Waals surface area contributed by atoms with Gasteiger partial charge in [0.05, 0.1) is 23.8 Å². The number of anilines is 2. The zero-order valence-electron chi connectivity index (χ0n) is 18.3. The molecule has 1 aliphatic rings. The number of nitrogens with one attached hydrogen (secondary N) is 1. The van der Waals surface area contributed by atoms with Crippen LogP contribution in [-0.2, 0) is 26.5 Å². The largest absolute Gasteiger partial charge is 0.379 e. The highest BCUT2D eigenvalue weighted by Gasteiger charge is 2.15. The minimum absolute atomic E-state index is 0.196. The number of hydrogen-bond donors (Lipinski definition) is 2. The van der Waals surface area contributed by atoms with Crippen molar-refractivity contribution in [3.05, 3.63) is 64.7 Å². The minimum Gasteiger partial charge on any atom is -0.379 e. The van der Waals surface area contributed by atoms with Crippen molar-refractivity contribution in [2.75, 3.05) is 43.9 Å². The van der Waals surface area contributed by atoms with Gasteiger partial charge in [-0.3, -0.25) is 0 Å². The maximum Gasteiger partial charge on any atom is 0.222 e. The lowest BCUT2D eigenvalue weighted by molar-refractivity contribution is -0.109. The predicted octanol–water partition coefficient (Wildman–Crippen LogP) is 3.63.